The Morgan fingerprint density at radius 1 is 1.40 bits per heavy atom. The van der Waals surface area contributed by atoms with Crippen LogP contribution in [0.15, 0.2) is 17.3 Å². The second-order valence-electron chi connectivity index (χ2n) is 3.54. The highest BCUT2D eigenvalue weighted by Crippen LogP contribution is 2.06. The summed E-state index contributed by atoms with van der Waals surface area (Å²) in [6.07, 6.45) is 7.29. The van der Waals surface area contributed by atoms with E-state index in [1.165, 1.54) is 25.2 Å². The minimum Gasteiger partial charge on any atom is -0.271 e. The molecule has 0 fully saturated rings. The highest BCUT2D eigenvalue weighted by molar-refractivity contribution is 7.89. The molecule has 15 heavy (non-hydrogen) atoms. The smallest absolute Gasteiger partial charge is 0.241 e. The number of aromatic nitrogens is 2. The van der Waals surface area contributed by atoms with Gasteiger partial charge in [0, 0.05) is 12.7 Å². The Labute approximate surface area is 90.3 Å². The lowest BCUT2D eigenvalue weighted by atomic mass is 10.2. The number of rotatable bonds is 6. The van der Waals surface area contributed by atoms with Gasteiger partial charge in [-0.25, -0.2) is 13.6 Å². The van der Waals surface area contributed by atoms with Crippen molar-refractivity contribution in [1.82, 2.24) is 9.78 Å². The molecule has 0 spiro atoms. The molecule has 0 aliphatic heterocycles. The number of primary sulfonamides is 1. The van der Waals surface area contributed by atoms with Crippen molar-refractivity contribution in [3.8, 4) is 0 Å². The molecule has 0 radical (unpaired) electrons. The first-order valence-electron chi connectivity index (χ1n) is 5.09. The standard InChI is InChI=1S/C9H17N3O2S/c1-2-3-4-5-6-12-8-9(7-11-12)15(10,13)14/h7-8H,2-6H2,1H3,(H2,10,13,14). The van der Waals surface area contributed by atoms with Crippen molar-refractivity contribution < 1.29 is 8.42 Å². The molecule has 6 heteroatoms. The summed E-state index contributed by atoms with van der Waals surface area (Å²) in [5.74, 6) is 0. The molecule has 1 heterocycles. The SMILES string of the molecule is CCCCCCn1cc(S(N)(=O)=O)cn1. The van der Waals surface area contributed by atoms with E-state index in [0.29, 0.717) is 0 Å². The average Bonchev–Trinajstić information content (AvgIpc) is 2.60. The quantitative estimate of drug-likeness (QED) is 0.745. The van der Waals surface area contributed by atoms with Gasteiger partial charge in [0.05, 0.1) is 6.20 Å². The van der Waals surface area contributed by atoms with E-state index in [-0.39, 0.29) is 4.90 Å². The predicted molar refractivity (Wildman–Crippen MR) is 57.7 cm³/mol. The third-order valence-electron chi connectivity index (χ3n) is 2.18. The summed E-state index contributed by atoms with van der Waals surface area (Å²) in [7, 11) is -3.60. The van der Waals surface area contributed by atoms with Crippen LogP contribution in [-0.2, 0) is 16.6 Å². The number of nitrogens with two attached hydrogens (primary N) is 1. The van der Waals surface area contributed by atoms with Gasteiger partial charge in [-0.1, -0.05) is 26.2 Å². The van der Waals surface area contributed by atoms with E-state index in [2.05, 4.69) is 12.0 Å². The predicted octanol–water partition coefficient (Wildman–Crippen LogP) is 1.11. The van der Waals surface area contributed by atoms with Crippen LogP contribution in [0.4, 0.5) is 0 Å². The minimum atomic E-state index is -3.60. The molecule has 0 aliphatic rings. The van der Waals surface area contributed by atoms with Crippen LogP contribution in [0.25, 0.3) is 0 Å². The summed E-state index contributed by atoms with van der Waals surface area (Å²) in [6, 6.07) is 0. The summed E-state index contributed by atoms with van der Waals surface area (Å²) in [6.45, 7) is 2.89. The molecule has 1 aromatic rings. The van der Waals surface area contributed by atoms with Crippen molar-refractivity contribution in [3.63, 3.8) is 0 Å². The summed E-state index contributed by atoms with van der Waals surface area (Å²) in [5, 5.41) is 8.90. The van der Waals surface area contributed by atoms with E-state index in [1.54, 1.807) is 4.68 Å². The lowest BCUT2D eigenvalue weighted by Gasteiger charge is -1.99. The summed E-state index contributed by atoms with van der Waals surface area (Å²) < 4.78 is 23.5. The molecule has 1 aromatic heterocycles. The minimum absolute atomic E-state index is 0.0815. The number of hydrogen-bond acceptors (Lipinski definition) is 3. The van der Waals surface area contributed by atoms with Crippen LogP contribution in [0, 0.1) is 0 Å². The molecular formula is C9H17N3O2S. The average molecular weight is 231 g/mol. The van der Waals surface area contributed by atoms with Crippen molar-refractivity contribution in [2.24, 2.45) is 5.14 Å². The number of sulfonamides is 1. The van der Waals surface area contributed by atoms with E-state index in [9.17, 15) is 8.42 Å². The van der Waals surface area contributed by atoms with Crippen molar-refractivity contribution in [1.29, 1.82) is 0 Å². The largest absolute Gasteiger partial charge is 0.271 e. The molecule has 0 bridgehead atoms. The first-order valence-corrected chi connectivity index (χ1v) is 6.64. The van der Waals surface area contributed by atoms with Crippen molar-refractivity contribution in [2.45, 2.75) is 44.0 Å². The zero-order valence-corrected chi connectivity index (χ0v) is 9.70. The molecule has 5 nitrogen and oxygen atoms in total. The van der Waals surface area contributed by atoms with Crippen LogP contribution >= 0.6 is 0 Å². The third kappa shape index (κ3) is 4.01. The number of hydrogen-bond donors (Lipinski definition) is 1. The molecule has 0 saturated heterocycles. The molecule has 0 unspecified atom stereocenters. The molecule has 0 saturated carbocycles. The lowest BCUT2D eigenvalue weighted by molar-refractivity contribution is 0.540. The Kier molecular flexibility index (Phi) is 4.28. The maximum absolute atomic E-state index is 10.9. The van der Waals surface area contributed by atoms with Gasteiger partial charge in [0.15, 0.2) is 0 Å². The van der Waals surface area contributed by atoms with Crippen molar-refractivity contribution >= 4 is 10.0 Å². The van der Waals surface area contributed by atoms with Crippen LogP contribution < -0.4 is 5.14 Å². The molecule has 86 valence electrons. The van der Waals surface area contributed by atoms with Gasteiger partial charge >= 0.3 is 0 Å². The fourth-order valence-corrected chi connectivity index (χ4v) is 1.78. The molecule has 0 aliphatic carbocycles. The molecular weight excluding hydrogens is 214 g/mol. The zero-order chi connectivity index (χ0) is 11.3. The Morgan fingerprint density at radius 3 is 2.67 bits per heavy atom. The van der Waals surface area contributed by atoms with Gasteiger partial charge in [-0.2, -0.15) is 5.10 Å². The first-order chi connectivity index (χ1) is 7.04. The number of unbranched alkanes of at least 4 members (excludes halogenated alkanes) is 3. The molecule has 0 aromatic carbocycles. The van der Waals surface area contributed by atoms with Crippen molar-refractivity contribution in [3.05, 3.63) is 12.4 Å². The van der Waals surface area contributed by atoms with Crippen LogP contribution in [0.2, 0.25) is 0 Å². The Hall–Kier alpha value is -0.880. The summed E-state index contributed by atoms with van der Waals surface area (Å²) in [5.41, 5.74) is 0. The van der Waals surface area contributed by atoms with Crippen LogP contribution in [-0.4, -0.2) is 18.2 Å². The maximum Gasteiger partial charge on any atom is 0.241 e. The fourth-order valence-electron chi connectivity index (χ4n) is 1.31. The second kappa shape index (κ2) is 5.27. The second-order valence-corrected chi connectivity index (χ2v) is 5.11. The Bertz CT molecular complexity index is 397. The third-order valence-corrected chi connectivity index (χ3v) is 3.05. The van der Waals surface area contributed by atoms with Crippen LogP contribution in [0.5, 0.6) is 0 Å². The highest BCUT2D eigenvalue weighted by Gasteiger charge is 2.09. The van der Waals surface area contributed by atoms with Gasteiger partial charge in [0.25, 0.3) is 0 Å². The molecule has 2 N–H and O–H groups in total. The van der Waals surface area contributed by atoms with Gasteiger partial charge in [0.1, 0.15) is 4.90 Å². The van der Waals surface area contributed by atoms with Crippen LogP contribution in [0.3, 0.4) is 0 Å². The van der Waals surface area contributed by atoms with E-state index in [4.69, 9.17) is 5.14 Å². The van der Waals surface area contributed by atoms with E-state index < -0.39 is 10.0 Å². The highest BCUT2D eigenvalue weighted by atomic mass is 32.2. The molecule has 0 atom stereocenters. The van der Waals surface area contributed by atoms with Gasteiger partial charge in [-0.15, -0.1) is 0 Å². The van der Waals surface area contributed by atoms with E-state index >= 15 is 0 Å². The summed E-state index contributed by atoms with van der Waals surface area (Å²) >= 11 is 0. The summed E-state index contributed by atoms with van der Waals surface area (Å²) in [4.78, 5) is 0.0815. The maximum atomic E-state index is 10.9. The Balaban J connectivity index is 2.47. The van der Waals surface area contributed by atoms with E-state index in [1.807, 2.05) is 0 Å². The number of aryl methyl sites for hydroxylation is 1. The van der Waals surface area contributed by atoms with Gasteiger partial charge in [-0.05, 0) is 6.42 Å². The number of nitrogens with zero attached hydrogens (tertiary/aromatic N) is 2. The van der Waals surface area contributed by atoms with Gasteiger partial charge in [-0.3, -0.25) is 4.68 Å². The molecule has 0 amide bonds. The topological polar surface area (TPSA) is 78.0 Å². The van der Waals surface area contributed by atoms with Crippen LogP contribution in [0.1, 0.15) is 32.6 Å². The van der Waals surface area contributed by atoms with Gasteiger partial charge < -0.3 is 0 Å². The normalized spacial score (nSPS) is 11.9. The molecule has 1 rings (SSSR count). The zero-order valence-electron chi connectivity index (χ0n) is 8.89. The van der Waals surface area contributed by atoms with Gasteiger partial charge in [0.2, 0.25) is 10.0 Å². The van der Waals surface area contributed by atoms with Crippen molar-refractivity contribution in [2.75, 3.05) is 0 Å². The first kappa shape index (κ1) is 12.2. The Morgan fingerprint density at radius 2 is 2.13 bits per heavy atom. The fraction of sp³-hybridized carbons (Fsp3) is 0.667. The lowest BCUT2D eigenvalue weighted by Crippen LogP contribution is -2.11. The monoisotopic (exact) mass is 231 g/mol. The van der Waals surface area contributed by atoms with E-state index in [0.717, 1.165) is 19.4 Å².